The number of aliphatic hydroxyl groups excluding tert-OH is 1. The van der Waals surface area contributed by atoms with Crippen molar-refractivity contribution in [3.8, 4) is 11.5 Å². The second-order valence-corrected chi connectivity index (χ2v) is 5.91. The lowest BCUT2D eigenvalue weighted by molar-refractivity contribution is -0.124. The van der Waals surface area contributed by atoms with E-state index in [9.17, 15) is 14.7 Å². The van der Waals surface area contributed by atoms with E-state index in [1.165, 1.54) is 17.4 Å². The summed E-state index contributed by atoms with van der Waals surface area (Å²) in [7, 11) is 0. The molecule has 0 bridgehead atoms. The molecule has 130 valence electrons. The molecule has 0 fully saturated rings. The number of benzene rings is 1. The molecular weight excluding hydrogens is 346 g/mol. The minimum Gasteiger partial charge on any atom is -0.454 e. The first-order valence-electron chi connectivity index (χ1n) is 7.35. The van der Waals surface area contributed by atoms with Crippen LogP contribution in [-0.2, 0) is 9.59 Å². The number of fused-ring (bicyclic) bond motifs is 1. The van der Waals surface area contributed by atoms with Crippen molar-refractivity contribution < 1.29 is 24.2 Å². The van der Waals surface area contributed by atoms with Gasteiger partial charge in [-0.3, -0.25) is 9.59 Å². The zero-order chi connectivity index (χ0) is 17.6. The highest BCUT2D eigenvalue weighted by Crippen LogP contribution is 2.32. The minimum absolute atomic E-state index is 0.176. The van der Waals surface area contributed by atoms with Gasteiger partial charge in [0.15, 0.2) is 16.6 Å². The molecule has 0 radical (unpaired) electrons. The van der Waals surface area contributed by atoms with Gasteiger partial charge in [-0.05, 0) is 23.8 Å². The average Bonchev–Trinajstić information content (AvgIpc) is 3.28. The Labute approximate surface area is 147 Å². The van der Waals surface area contributed by atoms with Gasteiger partial charge in [0, 0.05) is 17.7 Å². The number of anilines is 1. The molecule has 1 aromatic carbocycles. The van der Waals surface area contributed by atoms with E-state index in [4.69, 9.17) is 9.47 Å². The molecule has 2 heterocycles. The Morgan fingerprint density at radius 3 is 2.96 bits per heavy atom. The Hall–Kier alpha value is -2.91. The van der Waals surface area contributed by atoms with Gasteiger partial charge in [0.05, 0.1) is 6.61 Å². The molecule has 1 aliphatic heterocycles. The van der Waals surface area contributed by atoms with Crippen molar-refractivity contribution in [2.45, 2.75) is 6.04 Å². The van der Waals surface area contributed by atoms with Crippen LogP contribution in [0.2, 0.25) is 0 Å². The number of aromatic nitrogens is 1. The minimum atomic E-state index is -1.07. The van der Waals surface area contributed by atoms with E-state index in [1.807, 2.05) is 0 Å². The molecule has 1 aromatic heterocycles. The van der Waals surface area contributed by atoms with Crippen LogP contribution in [0.5, 0.6) is 11.5 Å². The van der Waals surface area contributed by atoms with Gasteiger partial charge in [-0.1, -0.05) is 6.07 Å². The third-order valence-electron chi connectivity index (χ3n) is 3.30. The summed E-state index contributed by atoms with van der Waals surface area (Å²) < 4.78 is 10.5. The van der Waals surface area contributed by atoms with Crippen LogP contribution in [0.25, 0.3) is 6.08 Å². The molecule has 1 atom stereocenters. The predicted molar refractivity (Wildman–Crippen MR) is 91.4 cm³/mol. The van der Waals surface area contributed by atoms with Crippen LogP contribution >= 0.6 is 11.3 Å². The monoisotopic (exact) mass is 361 g/mol. The van der Waals surface area contributed by atoms with E-state index >= 15 is 0 Å². The molecule has 1 aliphatic rings. The fraction of sp³-hybridized carbons (Fsp3) is 0.188. The van der Waals surface area contributed by atoms with Crippen molar-refractivity contribution in [3.63, 3.8) is 0 Å². The standard InChI is InChI=1S/C16H15N3O5S/c20-8-11(15(22)19-16-17-5-6-25-16)18-14(21)4-2-10-1-3-12-13(7-10)24-9-23-12/h1-7,11,20H,8-9H2,(H,18,21)(H,17,19,22). The lowest BCUT2D eigenvalue weighted by Gasteiger charge is -2.13. The molecule has 3 rings (SSSR count). The number of carbonyl (C=O) groups is 2. The molecule has 2 aromatic rings. The van der Waals surface area contributed by atoms with Gasteiger partial charge in [0.25, 0.3) is 5.91 Å². The molecule has 0 aliphatic carbocycles. The normalized spacial score (nSPS) is 13.6. The summed E-state index contributed by atoms with van der Waals surface area (Å²) in [5.41, 5.74) is 0.743. The number of hydrogen-bond donors (Lipinski definition) is 3. The lowest BCUT2D eigenvalue weighted by Crippen LogP contribution is -2.45. The number of amides is 2. The van der Waals surface area contributed by atoms with Crippen molar-refractivity contribution in [3.05, 3.63) is 41.4 Å². The van der Waals surface area contributed by atoms with Crippen LogP contribution in [0.3, 0.4) is 0 Å². The molecule has 9 heteroatoms. The third kappa shape index (κ3) is 4.34. The molecule has 3 N–H and O–H groups in total. The third-order valence-corrected chi connectivity index (χ3v) is 3.99. The smallest absolute Gasteiger partial charge is 0.251 e. The van der Waals surface area contributed by atoms with Gasteiger partial charge in [-0.2, -0.15) is 0 Å². The predicted octanol–water partition coefficient (Wildman–Crippen LogP) is 1.00. The first kappa shape index (κ1) is 16.9. The van der Waals surface area contributed by atoms with Gasteiger partial charge in [-0.15, -0.1) is 11.3 Å². The molecule has 1 unspecified atom stereocenters. The van der Waals surface area contributed by atoms with Gasteiger partial charge in [0.1, 0.15) is 6.04 Å². The summed E-state index contributed by atoms with van der Waals surface area (Å²) in [6, 6.07) is 4.19. The molecule has 8 nitrogen and oxygen atoms in total. The Bertz CT molecular complexity index is 791. The number of nitrogens with zero attached hydrogens (tertiary/aromatic N) is 1. The number of aliphatic hydroxyl groups is 1. The highest BCUT2D eigenvalue weighted by Gasteiger charge is 2.19. The first-order chi connectivity index (χ1) is 12.2. The van der Waals surface area contributed by atoms with Crippen molar-refractivity contribution in [1.29, 1.82) is 0 Å². The van der Waals surface area contributed by atoms with E-state index in [0.29, 0.717) is 16.6 Å². The zero-order valence-electron chi connectivity index (χ0n) is 13.0. The summed E-state index contributed by atoms with van der Waals surface area (Å²) in [6.07, 6.45) is 4.39. The lowest BCUT2D eigenvalue weighted by atomic mass is 10.2. The van der Waals surface area contributed by atoms with E-state index < -0.39 is 24.5 Å². The molecule has 25 heavy (non-hydrogen) atoms. The fourth-order valence-electron chi connectivity index (χ4n) is 2.08. The Morgan fingerprint density at radius 1 is 1.36 bits per heavy atom. The van der Waals surface area contributed by atoms with Crippen molar-refractivity contribution in [1.82, 2.24) is 10.3 Å². The van der Waals surface area contributed by atoms with Crippen molar-refractivity contribution in [2.24, 2.45) is 0 Å². The van der Waals surface area contributed by atoms with Crippen molar-refractivity contribution >= 4 is 34.4 Å². The van der Waals surface area contributed by atoms with Crippen LogP contribution in [0, 0.1) is 0 Å². The summed E-state index contributed by atoms with van der Waals surface area (Å²) >= 11 is 1.24. The molecule has 0 spiro atoms. The van der Waals surface area contributed by atoms with Crippen LogP contribution < -0.4 is 20.1 Å². The van der Waals surface area contributed by atoms with Crippen LogP contribution in [-0.4, -0.2) is 41.3 Å². The van der Waals surface area contributed by atoms with Gasteiger partial charge in [0.2, 0.25) is 12.7 Å². The fourth-order valence-corrected chi connectivity index (χ4v) is 2.61. The summed E-state index contributed by atoms with van der Waals surface area (Å²) in [4.78, 5) is 27.9. The van der Waals surface area contributed by atoms with E-state index in [0.717, 1.165) is 5.56 Å². The quantitative estimate of drug-likeness (QED) is 0.662. The zero-order valence-corrected chi connectivity index (χ0v) is 13.8. The number of thiazole rings is 1. The second kappa shape index (κ2) is 7.77. The Kier molecular flexibility index (Phi) is 5.26. The van der Waals surface area contributed by atoms with E-state index in [-0.39, 0.29) is 6.79 Å². The topological polar surface area (TPSA) is 110 Å². The van der Waals surface area contributed by atoms with E-state index in [1.54, 1.807) is 35.9 Å². The molecule has 0 saturated heterocycles. The number of hydrogen-bond acceptors (Lipinski definition) is 7. The maximum atomic E-state index is 12.0. The van der Waals surface area contributed by atoms with Crippen LogP contribution in [0.1, 0.15) is 5.56 Å². The number of nitrogens with one attached hydrogen (secondary N) is 2. The first-order valence-corrected chi connectivity index (χ1v) is 8.23. The maximum absolute atomic E-state index is 12.0. The number of carbonyl (C=O) groups excluding carboxylic acids is 2. The van der Waals surface area contributed by atoms with E-state index in [2.05, 4.69) is 15.6 Å². The maximum Gasteiger partial charge on any atom is 0.251 e. The molecular formula is C16H15N3O5S. The highest BCUT2D eigenvalue weighted by molar-refractivity contribution is 7.13. The molecule has 0 saturated carbocycles. The Balaban J connectivity index is 1.57. The average molecular weight is 361 g/mol. The second-order valence-electron chi connectivity index (χ2n) is 5.02. The highest BCUT2D eigenvalue weighted by atomic mass is 32.1. The van der Waals surface area contributed by atoms with Crippen LogP contribution in [0.4, 0.5) is 5.13 Å². The summed E-state index contributed by atoms with van der Waals surface area (Å²) in [6.45, 7) is -0.351. The SMILES string of the molecule is O=C(C=Cc1ccc2c(c1)OCO2)NC(CO)C(=O)Nc1nccs1. The van der Waals surface area contributed by atoms with Gasteiger partial charge in [-0.25, -0.2) is 4.98 Å². The summed E-state index contributed by atoms with van der Waals surface area (Å²) in [5, 5.41) is 16.4. The van der Waals surface area contributed by atoms with Gasteiger partial charge < -0.3 is 25.2 Å². The largest absolute Gasteiger partial charge is 0.454 e. The molecule has 2 amide bonds. The van der Waals surface area contributed by atoms with Crippen molar-refractivity contribution in [2.75, 3.05) is 18.7 Å². The van der Waals surface area contributed by atoms with Crippen LogP contribution in [0.15, 0.2) is 35.9 Å². The number of ether oxygens (including phenoxy) is 2. The Morgan fingerprint density at radius 2 is 2.20 bits per heavy atom. The summed E-state index contributed by atoms with van der Waals surface area (Å²) in [5.74, 6) is 0.215. The van der Waals surface area contributed by atoms with Gasteiger partial charge >= 0.3 is 0 Å². The number of rotatable bonds is 6.